The third kappa shape index (κ3) is 4.66. The maximum atomic E-state index is 11.8. The minimum absolute atomic E-state index is 0.0186. The van der Waals surface area contributed by atoms with Gasteiger partial charge in [0.2, 0.25) is 11.8 Å². The molecule has 0 unspecified atom stereocenters. The predicted octanol–water partition coefficient (Wildman–Crippen LogP) is 2.51. The normalized spacial score (nSPS) is 10.4. The molecule has 1 aromatic heterocycles. The Morgan fingerprint density at radius 3 is 2.86 bits per heavy atom. The van der Waals surface area contributed by atoms with Crippen molar-refractivity contribution >= 4 is 46.6 Å². The molecule has 0 atom stereocenters. The summed E-state index contributed by atoms with van der Waals surface area (Å²) in [6, 6.07) is 5.65. The fraction of sp³-hybridized carbons (Fsp3) is 0.0833. The third-order valence-electron chi connectivity index (χ3n) is 2.25. The molecule has 1 heterocycles. The Kier molecular flexibility index (Phi) is 5.11. The number of hydrogen-bond acceptors (Lipinski definition) is 5. The van der Waals surface area contributed by atoms with Gasteiger partial charge in [0.25, 0.3) is 5.56 Å². The summed E-state index contributed by atoms with van der Waals surface area (Å²) in [7, 11) is 0. The predicted molar refractivity (Wildman–Crippen MR) is 82.3 cm³/mol. The number of thioether (sulfide) groups is 1. The van der Waals surface area contributed by atoms with Crippen LogP contribution in [0.3, 0.4) is 0 Å². The zero-order valence-electron chi connectivity index (χ0n) is 10.4. The molecular formula is C12H9Cl2N3O3S. The average molecular weight is 346 g/mol. The van der Waals surface area contributed by atoms with E-state index in [2.05, 4.69) is 15.3 Å². The average Bonchev–Trinajstić information content (AvgIpc) is 2.40. The first-order valence-electron chi connectivity index (χ1n) is 5.62. The van der Waals surface area contributed by atoms with Gasteiger partial charge < -0.3 is 15.4 Å². The lowest BCUT2D eigenvalue weighted by atomic mass is 10.3. The maximum Gasteiger partial charge on any atom is 0.255 e. The molecule has 0 aliphatic rings. The van der Waals surface area contributed by atoms with E-state index >= 15 is 0 Å². The van der Waals surface area contributed by atoms with Gasteiger partial charge in [0.15, 0.2) is 5.16 Å². The van der Waals surface area contributed by atoms with Crippen LogP contribution in [0.25, 0.3) is 0 Å². The number of amides is 1. The van der Waals surface area contributed by atoms with Crippen molar-refractivity contribution in [1.29, 1.82) is 0 Å². The highest BCUT2D eigenvalue weighted by Gasteiger charge is 2.09. The van der Waals surface area contributed by atoms with Crippen molar-refractivity contribution in [3.63, 3.8) is 0 Å². The second-order valence-corrected chi connectivity index (χ2v) is 5.68. The summed E-state index contributed by atoms with van der Waals surface area (Å²) in [6.07, 6.45) is 0. The van der Waals surface area contributed by atoms with Crippen LogP contribution in [0.2, 0.25) is 10.0 Å². The number of nitrogens with zero attached hydrogens (tertiary/aromatic N) is 1. The zero-order chi connectivity index (χ0) is 15.4. The monoisotopic (exact) mass is 345 g/mol. The molecule has 2 rings (SSSR count). The van der Waals surface area contributed by atoms with Crippen LogP contribution in [0.1, 0.15) is 0 Å². The quantitative estimate of drug-likeness (QED) is 0.584. The van der Waals surface area contributed by atoms with E-state index in [1.165, 1.54) is 6.07 Å². The van der Waals surface area contributed by atoms with Crippen molar-refractivity contribution in [2.45, 2.75) is 5.16 Å². The summed E-state index contributed by atoms with van der Waals surface area (Å²) >= 11 is 12.7. The molecule has 0 saturated carbocycles. The molecule has 2 aromatic rings. The van der Waals surface area contributed by atoms with Gasteiger partial charge in [-0.3, -0.25) is 9.59 Å². The van der Waals surface area contributed by atoms with Gasteiger partial charge in [-0.2, -0.15) is 4.98 Å². The van der Waals surface area contributed by atoms with Crippen LogP contribution in [0.5, 0.6) is 5.88 Å². The van der Waals surface area contributed by atoms with Crippen LogP contribution >= 0.6 is 35.0 Å². The Bertz CT molecular complexity index is 736. The molecule has 0 aliphatic heterocycles. The maximum absolute atomic E-state index is 11.8. The minimum atomic E-state index is -0.497. The standard InChI is InChI=1S/C12H9Cl2N3O3S/c13-6-1-2-7(14)8(3-6)15-11(20)5-21-12-16-9(18)4-10(19)17-12/h1-4H,5H2,(H,15,20)(H2,16,17,18,19). The van der Waals surface area contributed by atoms with E-state index < -0.39 is 11.4 Å². The molecule has 0 aliphatic carbocycles. The van der Waals surface area contributed by atoms with Crippen molar-refractivity contribution in [3.8, 4) is 5.88 Å². The molecule has 1 amide bonds. The molecule has 21 heavy (non-hydrogen) atoms. The van der Waals surface area contributed by atoms with Gasteiger partial charge in [-0.25, -0.2) is 0 Å². The van der Waals surface area contributed by atoms with Crippen LogP contribution in [-0.4, -0.2) is 26.7 Å². The molecule has 0 saturated heterocycles. The molecule has 0 spiro atoms. The van der Waals surface area contributed by atoms with Gasteiger partial charge in [-0.15, -0.1) is 0 Å². The fourth-order valence-electron chi connectivity index (χ4n) is 1.40. The lowest BCUT2D eigenvalue weighted by Crippen LogP contribution is -2.15. The molecule has 3 N–H and O–H groups in total. The van der Waals surface area contributed by atoms with E-state index in [0.29, 0.717) is 15.7 Å². The van der Waals surface area contributed by atoms with Crippen molar-refractivity contribution in [2.24, 2.45) is 0 Å². The Balaban J connectivity index is 1.99. The van der Waals surface area contributed by atoms with E-state index in [9.17, 15) is 14.7 Å². The molecule has 9 heteroatoms. The third-order valence-corrected chi connectivity index (χ3v) is 3.69. The molecule has 0 fully saturated rings. The molecule has 0 bridgehead atoms. The zero-order valence-corrected chi connectivity index (χ0v) is 12.7. The number of carbonyl (C=O) groups is 1. The van der Waals surface area contributed by atoms with E-state index in [-0.39, 0.29) is 16.8 Å². The number of H-pyrrole nitrogens is 1. The number of rotatable bonds is 4. The summed E-state index contributed by atoms with van der Waals surface area (Å²) in [5.74, 6) is -0.774. The van der Waals surface area contributed by atoms with Crippen molar-refractivity contribution < 1.29 is 9.90 Å². The van der Waals surface area contributed by atoms with Crippen LogP contribution in [0.15, 0.2) is 34.2 Å². The Labute approximate surface area is 133 Å². The van der Waals surface area contributed by atoms with E-state index in [4.69, 9.17) is 23.2 Å². The molecule has 110 valence electrons. The van der Waals surface area contributed by atoms with Crippen molar-refractivity contribution in [2.75, 3.05) is 11.1 Å². The lowest BCUT2D eigenvalue weighted by molar-refractivity contribution is -0.113. The van der Waals surface area contributed by atoms with E-state index in [0.717, 1.165) is 17.8 Å². The van der Waals surface area contributed by atoms with Gasteiger partial charge in [-0.05, 0) is 18.2 Å². The molecule has 6 nitrogen and oxygen atoms in total. The first-order valence-corrected chi connectivity index (χ1v) is 7.36. The lowest BCUT2D eigenvalue weighted by Gasteiger charge is -2.07. The SMILES string of the molecule is O=C(CSc1nc(O)cc(=O)[nH]1)Nc1cc(Cl)ccc1Cl. The number of anilines is 1. The fourth-order valence-corrected chi connectivity index (χ4v) is 2.41. The highest BCUT2D eigenvalue weighted by Crippen LogP contribution is 2.25. The van der Waals surface area contributed by atoms with Gasteiger partial charge in [0.1, 0.15) is 0 Å². The first kappa shape index (κ1) is 15.7. The Hall–Kier alpha value is -1.70. The van der Waals surface area contributed by atoms with Gasteiger partial charge in [-0.1, -0.05) is 35.0 Å². The number of aromatic hydroxyl groups is 1. The summed E-state index contributed by atoms with van der Waals surface area (Å²) in [6.45, 7) is 0. The number of hydrogen-bond donors (Lipinski definition) is 3. The Morgan fingerprint density at radius 1 is 1.38 bits per heavy atom. The molecule has 1 aromatic carbocycles. The highest BCUT2D eigenvalue weighted by molar-refractivity contribution is 7.99. The second-order valence-electron chi connectivity index (χ2n) is 3.87. The van der Waals surface area contributed by atoms with Crippen LogP contribution in [0.4, 0.5) is 5.69 Å². The van der Waals surface area contributed by atoms with Gasteiger partial charge in [0, 0.05) is 5.02 Å². The summed E-state index contributed by atoms with van der Waals surface area (Å²) in [5, 5.41) is 12.7. The van der Waals surface area contributed by atoms with Crippen molar-refractivity contribution in [3.05, 3.63) is 44.7 Å². The first-order chi connectivity index (χ1) is 9.94. The molecule has 0 radical (unpaired) electrons. The van der Waals surface area contributed by atoms with E-state index in [1.807, 2.05) is 0 Å². The number of carbonyl (C=O) groups excluding carboxylic acids is 1. The van der Waals surface area contributed by atoms with Gasteiger partial charge >= 0.3 is 0 Å². The second kappa shape index (κ2) is 6.84. The number of halogens is 2. The molecular weight excluding hydrogens is 337 g/mol. The number of nitrogens with one attached hydrogen (secondary N) is 2. The highest BCUT2D eigenvalue weighted by atomic mass is 35.5. The van der Waals surface area contributed by atoms with Gasteiger partial charge in [0.05, 0.1) is 22.5 Å². The van der Waals surface area contributed by atoms with Crippen LogP contribution < -0.4 is 10.9 Å². The van der Waals surface area contributed by atoms with Crippen LogP contribution in [-0.2, 0) is 4.79 Å². The van der Waals surface area contributed by atoms with Crippen LogP contribution in [0, 0.1) is 0 Å². The number of aromatic nitrogens is 2. The largest absolute Gasteiger partial charge is 0.493 e. The van der Waals surface area contributed by atoms with E-state index in [1.54, 1.807) is 12.1 Å². The summed E-state index contributed by atoms with van der Waals surface area (Å²) in [4.78, 5) is 29.0. The van der Waals surface area contributed by atoms with Crippen molar-refractivity contribution in [1.82, 2.24) is 9.97 Å². The smallest absolute Gasteiger partial charge is 0.255 e. The number of benzene rings is 1. The topological polar surface area (TPSA) is 95.1 Å². The number of aromatic amines is 1. The minimum Gasteiger partial charge on any atom is -0.493 e. The summed E-state index contributed by atoms with van der Waals surface area (Å²) < 4.78 is 0. The summed E-state index contributed by atoms with van der Waals surface area (Å²) in [5.41, 5.74) is -0.101. The Morgan fingerprint density at radius 2 is 2.14 bits per heavy atom.